The van der Waals surface area contributed by atoms with Crippen molar-refractivity contribution < 1.29 is 42.1 Å². The molecule has 2 aromatic carbocycles. The first-order valence-corrected chi connectivity index (χ1v) is 11.0. The molecule has 2 aromatic rings. The minimum atomic E-state index is -5.02. The summed E-state index contributed by atoms with van der Waals surface area (Å²) in [4.78, 5) is 35.7. The number of ether oxygens (including phenoxy) is 2. The Bertz CT molecular complexity index is 1080. The predicted molar refractivity (Wildman–Crippen MR) is 117 cm³/mol. The minimum Gasteiger partial charge on any atom is -0.481 e. The molecule has 11 heteroatoms. The van der Waals surface area contributed by atoms with Gasteiger partial charge in [-0.15, -0.1) is 0 Å². The molecule has 2 amide bonds. The Kier molecular flexibility index (Phi) is 6.97. The number of nitrogens with one attached hydrogen (secondary N) is 2. The third-order valence-corrected chi connectivity index (χ3v) is 6.17. The van der Waals surface area contributed by atoms with Gasteiger partial charge in [-0.25, -0.2) is 4.79 Å². The summed E-state index contributed by atoms with van der Waals surface area (Å²) in [5, 5.41) is 13.2. The molecular weight excluding hydrogens is 469 g/mol. The van der Waals surface area contributed by atoms with E-state index in [9.17, 15) is 27.6 Å². The second-order valence-electron chi connectivity index (χ2n) is 8.33. The Morgan fingerprint density at radius 1 is 1.06 bits per heavy atom. The highest BCUT2D eigenvalue weighted by Crippen LogP contribution is 2.44. The SMILES string of the molecule is O=C(N[C@@H]1CCO[C@@H]1C(=O)NCC(C(=O)O)C(F)(F)F)OCC1c2ccccc2-c2ccccc21. The monoisotopic (exact) mass is 492 g/mol. The van der Waals surface area contributed by atoms with Crippen molar-refractivity contribution in [3.8, 4) is 11.1 Å². The smallest absolute Gasteiger partial charge is 0.407 e. The van der Waals surface area contributed by atoms with Crippen molar-refractivity contribution in [3.05, 3.63) is 59.7 Å². The molecule has 4 rings (SSSR count). The molecule has 35 heavy (non-hydrogen) atoms. The lowest BCUT2D eigenvalue weighted by Gasteiger charge is -2.22. The van der Waals surface area contributed by atoms with E-state index in [0.717, 1.165) is 22.3 Å². The Hall–Kier alpha value is -3.60. The highest BCUT2D eigenvalue weighted by atomic mass is 19.4. The molecule has 1 heterocycles. The van der Waals surface area contributed by atoms with Crippen LogP contribution in [0.1, 0.15) is 23.5 Å². The fourth-order valence-electron chi connectivity index (χ4n) is 4.43. The molecule has 3 atom stereocenters. The molecule has 8 nitrogen and oxygen atoms in total. The van der Waals surface area contributed by atoms with Crippen molar-refractivity contribution >= 4 is 18.0 Å². The van der Waals surface area contributed by atoms with E-state index in [0.29, 0.717) is 0 Å². The van der Waals surface area contributed by atoms with Crippen LogP contribution in [-0.2, 0) is 19.1 Å². The van der Waals surface area contributed by atoms with Crippen molar-refractivity contribution in [2.45, 2.75) is 30.7 Å². The number of hydrogen-bond donors (Lipinski definition) is 3. The fraction of sp³-hybridized carbons (Fsp3) is 0.375. The van der Waals surface area contributed by atoms with Gasteiger partial charge >= 0.3 is 18.2 Å². The van der Waals surface area contributed by atoms with Gasteiger partial charge in [-0.2, -0.15) is 13.2 Å². The molecule has 0 spiro atoms. The number of carboxylic acids is 1. The van der Waals surface area contributed by atoms with Gasteiger partial charge in [0.25, 0.3) is 5.91 Å². The highest BCUT2D eigenvalue weighted by molar-refractivity contribution is 5.83. The summed E-state index contributed by atoms with van der Waals surface area (Å²) < 4.78 is 49.1. The molecule has 0 aromatic heterocycles. The molecule has 1 aliphatic heterocycles. The molecule has 0 radical (unpaired) electrons. The van der Waals surface area contributed by atoms with Gasteiger partial charge in [0.15, 0.2) is 12.0 Å². The number of carbonyl (C=O) groups is 3. The number of halogens is 3. The van der Waals surface area contributed by atoms with E-state index in [1.165, 1.54) is 0 Å². The lowest BCUT2D eigenvalue weighted by atomic mass is 9.98. The van der Waals surface area contributed by atoms with E-state index >= 15 is 0 Å². The van der Waals surface area contributed by atoms with E-state index in [-0.39, 0.29) is 25.6 Å². The van der Waals surface area contributed by atoms with Gasteiger partial charge in [0.2, 0.25) is 0 Å². The number of carbonyl (C=O) groups excluding carboxylic acids is 2. The van der Waals surface area contributed by atoms with Gasteiger partial charge in [0.05, 0.1) is 6.04 Å². The third kappa shape index (κ3) is 5.24. The number of alkyl carbamates (subject to hydrolysis) is 1. The zero-order chi connectivity index (χ0) is 25.2. The normalized spacial score (nSPS) is 20.0. The lowest BCUT2D eigenvalue weighted by molar-refractivity contribution is -0.192. The largest absolute Gasteiger partial charge is 0.481 e. The molecule has 1 fully saturated rings. The first-order chi connectivity index (χ1) is 16.7. The number of carboxylic acid groups (broad SMARTS) is 1. The van der Waals surface area contributed by atoms with Gasteiger partial charge in [-0.05, 0) is 28.7 Å². The quantitative estimate of drug-likeness (QED) is 0.548. The number of fused-ring (bicyclic) bond motifs is 3. The van der Waals surface area contributed by atoms with Crippen LogP contribution in [-0.4, -0.2) is 61.2 Å². The molecule has 3 N–H and O–H groups in total. The fourth-order valence-corrected chi connectivity index (χ4v) is 4.43. The molecule has 2 aliphatic rings. The third-order valence-electron chi connectivity index (χ3n) is 6.17. The van der Waals surface area contributed by atoms with Gasteiger partial charge < -0.3 is 25.2 Å². The number of rotatable bonds is 7. The van der Waals surface area contributed by atoms with Crippen LogP contribution in [0, 0.1) is 5.92 Å². The van der Waals surface area contributed by atoms with Crippen LogP contribution in [0.15, 0.2) is 48.5 Å². The van der Waals surface area contributed by atoms with Crippen LogP contribution < -0.4 is 10.6 Å². The minimum absolute atomic E-state index is 0.0518. The number of benzene rings is 2. The van der Waals surface area contributed by atoms with Crippen LogP contribution in [0.4, 0.5) is 18.0 Å². The van der Waals surface area contributed by atoms with Gasteiger partial charge in [-0.1, -0.05) is 48.5 Å². The molecule has 1 unspecified atom stereocenters. The van der Waals surface area contributed by atoms with Crippen molar-refractivity contribution in [1.29, 1.82) is 0 Å². The van der Waals surface area contributed by atoms with Crippen LogP contribution in [0.2, 0.25) is 0 Å². The second kappa shape index (κ2) is 9.95. The summed E-state index contributed by atoms with van der Waals surface area (Å²) in [6.45, 7) is -1.00. The number of aliphatic carboxylic acids is 1. The average molecular weight is 492 g/mol. The highest BCUT2D eigenvalue weighted by Gasteiger charge is 2.46. The standard InChI is InChI=1S/C24H23F3N2O6/c25-24(26,27)18(22(31)32)11-28-21(30)20-19(9-10-34-20)29-23(33)35-12-17-15-7-3-1-5-13(15)14-6-2-4-8-16(14)17/h1-8,17-20H,9-12H2,(H,28,30)(H,29,33)(H,31,32)/t18?,19-,20+/m1/s1. The zero-order valence-electron chi connectivity index (χ0n) is 18.4. The molecular formula is C24H23F3N2O6. The molecule has 186 valence electrons. The molecule has 1 aliphatic carbocycles. The summed E-state index contributed by atoms with van der Waals surface area (Å²) in [7, 11) is 0. The lowest BCUT2D eigenvalue weighted by Crippen LogP contribution is -2.50. The van der Waals surface area contributed by atoms with Crippen LogP contribution in [0.25, 0.3) is 11.1 Å². The average Bonchev–Trinajstić information content (AvgIpc) is 3.39. The molecule has 0 bridgehead atoms. The molecule has 0 saturated carbocycles. The van der Waals surface area contributed by atoms with Crippen molar-refractivity contribution in [2.75, 3.05) is 19.8 Å². The second-order valence-corrected chi connectivity index (χ2v) is 8.33. The summed E-state index contributed by atoms with van der Waals surface area (Å²) in [6, 6.07) is 14.8. The number of alkyl halides is 3. The van der Waals surface area contributed by atoms with E-state index in [1.807, 2.05) is 53.8 Å². The molecule has 1 saturated heterocycles. The predicted octanol–water partition coefficient (Wildman–Crippen LogP) is 3.06. The Morgan fingerprint density at radius 3 is 2.23 bits per heavy atom. The maximum atomic E-state index is 12.8. The van der Waals surface area contributed by atoms with Gasteiger partial charge in [0.1, 0.15) is 6.61 Å². The summed E-state index contributed by atoms with van der Waals surface area (Å²) in [6.07, 6.45) is -6.84. The van der Waals surface area contributed by atoms with Crippen LogP contribution in [0.3, 0.4) is 0 Å². The maximum absolute atomic E-state index is 12.8. The van der Waals surface area contributed by atoms with Crippen molar-refractivity contribution in [1.82, 2.24) is 10.6 Å². The topological polar surface area (TPSA) is 114 Å². The zero-order valence-corrected chi connectivity index (χ0v) is 18.4. The first kappa shape index (κ1) is 24.5. The summed E-state index contributed by atoms with van der Waals surface area (Å²) in [5.41, 5.74) is 4.19. The van der Waals surface area contributed by atoms with Crippen LogP contribution in [0.5, 0.6) is 0 Å². The first-order valence-electron chi connectivity index (χ1n) is 11.0. The Morgan fingerprint density at radius 2 is 1.66 bits per heavy atom. The summed E-state index contributed by atoms with van der Waals surface area (Å²) in [5.74, 6) is -5.95. The van der Waals surface area contributed by atoms with E-state index in [1.54, 1.807) is 0 Å². The van der Waals surface area contributed by atoms with Crippen molar-refractivity contribution in [3.63, 3.8) is 0 Å². The van der Waals surface area contributed by atoms with Crippen LogP contribution >= 0.6 is 0 Å². The Balaban J connectivity index is 1.34. The summed E-state index contributed by atoms with van der Waals surface area (Å²) >= 11 is 0. The maximum Gasteiger partial charge on any atom is 0.407 e. The van der Waals surface area contributed by atoms with E-state index in [2.05, 4.69) is 5.32 Å². The van der Waals surface area contributed by atoms with Gasteiger partial charge in [0, 0.05) is 19.1 Å². The van der Waals surface area contributed by atoms with E-state index < -0.39 is 48.8 Å². The van der Waals surface area contributed by atoms with E-state index in [4.69, 9.17) is 14.6 Å². The van der Waals surface area contributed by atoms with Gasteiger partial charge in [-0.3, -0.25) is 9.59 Å². The Labute approximate surface area is 198 Å². The number of hydrogen-bond acceptors (Lipinski definition) is 5. The number of amides is 2. The van der Waals surface area contributed by atoms with Crippen molar-refractivity contribution in [2.24, 2.45) is 5.92 Å².